The number of aryl methyl sites for hydroxylation is 1. The van der Waals surface area contributed by atoms with Crippen molar-refractivity contribution in [1.29, 1.82) is 0 Å². The smallest absolute Gasteiger partial charge is 0.387 e. The lowest BCUT2D eigenvalue weighted by atomic mass is 10.0. The quantitative estimate of drug-likeness (QED) is 0.709. The van der Waals surface area contributed by atoms with Crippen molar-refractivity contribution in [1.82, 2.24) is 0 Å². The minimum Gasteiger partial charge on any atom is -0.434 e. The molecule has 0 aliphatic carbocycles. The van der Waals surface area contributed by atoms with Gasteiger partial charge in [0.25, 0.3) is 0 Å². The summed E-state index contributed by atoms with van der Waals surface area (Å²) in [6, 6.07) is 5.11. The number of hydrogen-bond acceptors (Lipinski definition) is 1. The van der Waals surface area contributed by atoms with Gasteiger partial charge < -0.3 is 4.74 Å². The molecular formula is C11H12BrClF2O. The van der Waals surface area contributed by atoms with Crippen molar-refractivity contribution in [2.45, 2.75) is 25.3 Å². The van der Waals surface area contributed by atoms with E-state index in [-0.39, 0.29) is 11.6 Å². The first-order chi connectivity index (χ1) is 7.69. The molecule has 0 aromatic heterocycles. The molecule has 0 aliphatic rings. The van der Waals surface area contributed by atoms with Crippen LogP contribution in [0.5, 0.6) is 5.75 Å². The maximum Gasteiger partial charge on any atom is 0.387 e. The third-order valence-electron chi connectivity index (χ3n) is 2.16. The Morgan fingerprint density at radius 3 is 2.69 bits per heavy atom. The first-order valence-corrected chi connectivity index (χ1v) is 6.52. The molecule has 0 N–H and O–H groups in total. The van der Waals surface area contributed by atoms with Crippen molar-refractivity contribution in [2.24, 2.45) is 0 Å². The highest BCUT2D eigenvalue weighted by molar-refractivity contribution is 9.09. The summed E-state index contributed by atoms with van der Waals surface area (Å²) in [7, 11) is 0. The van der Waals surface area contributed by atoms with Crippen LogP contribution in [0.15, 0.2) is 18.2 Å². The van der Waals surface area contributed by atoms with Gasteiger partial charge in [-0.15, -0.1) is 11.6 Å². The number of ether oxygens (including phenoxy) is 1. The molecule has 0 atom stereocenters. The Hall–Kier alpha value is -0.350. The molecule has 0 saturated carbocycles. The highest BCUT2D eigenvalue weighted by Crippen LogP contribution is 2.26. The number of rotatable bonds is 6. The molecule has 0 unspecified atom stereocenters. The molecule has 0 radical (unpaired) electrons. The summed E-state index contributed by atoms with van der Waals surface area (Å²) >= 11 is 9.09. The van der Waals surface area contributed by atoms with Crippen molar-refractivity contribution in [3.8, 4) is 5.75 Å². The Morgan fingerprint density at radius 1 is 1.38 bits per heavy atom. The molecule has 16 heavy (non-hydrogen) atoms. The first kappa shape index (κ1) is 13.7. The molecule has 1 nitrogen and oxygen atoms in total. The Morgan fingerprint density at radius 2 is 2.12 bits per heavy atom. The van der Waals surface area contributed by atoms with Crippen LogP contribution in [-0.4, -0.2) is 11.9 Å². The highest BCUT2D eigenvalue weighted by Gasteiger charge is 2.12. The van der Waals surface area contributed by atoms with Crippen molar-refractivity contribution < 1.29 is 13.5 Å². The zero-order chi connectivity index (χ0) is 12.0. The van der Waals surface area contributed by atoms with E-state index in [0.717, 1.165) is 23.7 Å². The molecule has 0 aliphatic heterocycles. The zero-order valence-electron chi connectivity index (χ0n) is 8.56. The second-order valence-electron chi connectivity index (χ2n) is 3.20. The Bertz CT molecular complexity index is 334. The van der Waals surface area contributed by atoms with Crippen molar-refractivity contribution >= 4 is 27.5 Å². The van der Waals surface area contributed by atoms with Gasteiger partial charge in [0.1, 0.15) is 5.75 Å². The van der Waals surface area contributed by atoms with E-state index in [1.54, 1.807) is 6.07 Å². The third-order valence-corrected chi connectivity index (χ3v) is 2.99. The molecule has 1 rings (SSSR count). The highest BCUT2D eigenvalue weighted by atomic mass is 79.9. The molecule has 0 heterocycles. The molecule has 1 aromatic rings. The third kappa shape index (κ3) is 3.91. The summed E-state index contributed by atoms with van der Waals surface area (Å²) in [6.45, 7) is -2.81. The summed E-state index contributed by atoms with van der Waals surface area (Å²) in [5.74, 6) is 0.359. The molecule has 0 saturated heterocycles. The predicted octanol–water partition coefficient (Wildman–Crippen LogP) is 4.35. The lowest BCUT2D eigenvalue weighted by Gasteiger charge is -2.12. The van der Waals surface area contributed by atoms with E-state index in [2.05, 4.69) is 20.7 Å². The number of alkyl halides is 4. The van der Waals surface area contributed by atoms with Crippen LogP contribution in [-0.2, 0) is 12.3 Å². The van der Waals surface area contributed by atoms with Gasteiger partial charge in [-0.2, -0.15) is 8.78 Å². The lowest BCUT2D eigenvalue weighted by Crippen LogP contribution is -2.05. The molecular weight excluding hydrogens is 301 g/mol. The Labute approximate surface area is 107 Å². The summed E-state index contributed by atoms with van der Waals surface area (Å²) in [6.07, 6.45) is 1.73. The molecule has 5 heteroatoms. The number of halogens is 4. The van der Waals surface area contributed by atoms with E-state index in [1.165, 1.54) is 6.07 Å². The van der Waals surface area contributed by atoms with Gasteiger partial charge in [-0.25, -0.2) is 0 Å². The van der Waals surface area contributed by atoms with E-state index in [9.17, 15) is 8.78 Å². The average molecular weight is 314 g/mol. The van der Waals surface area contributed by atoms with E-state index < -0.39 is 6.61 Å². The van der Waals surface area contributed by atoms with Gasteiger partial charge >= 0.3 is 6.61 Å². The van der Waals surface area contributed by atoms with E-state index in [1.807, 2.05) is 6.07 Å². The van der Waals surface area contributed by atoms with E-state index in [4.69, 9.17) is 11.6 Å². The Kier molecular flexibility index (Phi) is 6.06. The minimum absolute atomic E-state index is 0.178. The largest absolute Gasteiger partial charge is 0.434 e. The maximum atomic E-state index is 12.1. The summed E-state index contributed by atoms with van der Waals surface area (Å²) in [4.78, 5) is 0. The van der Waals surface area contributed by atoms with Crippen LogP contribution in [0.3, 0.4) is 0 Å². The Balaban J connectivity index is 2.91. The van der Waals surface area contributed by atoms with Gasteiger partial charge in [0.05, 0.1) is 5.88 Å². The van der Waals surface area contributed by atoms with Crippen molar-refractivity contribution in [3.63, 3.8) is 0 Å². The van der Waals surface area contributed by atoms with Gasteiger partial charge in [0.2, 0.25) is 0 Å². The van der Waals surface area contributed by atoms with E-state index in [0.29, 0.717) is 5.56 Å². The molecule has 0 amide bonds. The first-order valence-electron chi connectivity index (χ1n) is 4.86. The molecule has 90 valence electrons. The van der Waals surface area contributed by atoms with Crippen molar-refractivity contribution in [3.05, 3.63) is 29.3 Å². The number of benzene rings is 1. The van der Waals surface area contributed by atoms with Gasteiger partial charge in [0.15, 0.2) is 0 Å². The average Bonchev–Trinajstić information content (AvgIpc) is 2.25. The normalized spacial score (nSPS) is 10.8. The van der Waals surface area contributed by atoms with Gasteiger partial charge in [-0.05, 0) is 24.5 Å². The summed E-state index contributed by atoms with van der Waals surface area (Å²) in [5, 5.41) is 0.870. The van der Waals surface area contributed by atoms with Gasteiger partial charge in [-0.1, -0.05) is 28.1 Å². The monoisotopic (exact) mass is 312 g/mol. The SMILES string of the molecule is FC(F)Oc1cccc(CCCBr)c1CCl. The van der Waals surface area contributed by atoms with Crippen LogP contribution in [0.4, 0.5) is 8.78 Å². The van der Waals surface area contributed by atoms with Crippen LogP contribution < -0.4 is 4.74 Å². The van der Waals surface area contributed by atoms with Crippen LogP contribution in [0, 0.1) is 0 Å². The van der Waals surface area contributed by atoms with Crippen LogP contribution in [0.25, 0.3) is 0 Å². The molecule has 0 fully saturated rings. The summed E-state index contributed by atoms with van der Waals surface area (Å²) in [5.41, 5.74) is 1.62. The molecule has 0 spiro atoms. The molecule has 1 aromatic carbocycles. The zero-order valence-corrected chi connectivity index (χ0v) is 10.9. The number of hydrogen-bond donors (Lipinski definition) is 0. The fourth-order valence-corrected chi connectivity index (χ4v) is 2.04. The molecule has 0 bridgehead atoms. The predicted molar refractivity (Wildman–Crippen MR) is 64.7 cm³/mol. The topological polar surface area (TPSA) is 9.23 Å². The van der Waals surface area contributed by atoms with Crippen LogP contribution in [0.2, 0.25) is 0 Å². The van der Waals surface area contributed by atoms with Crippen molar-refractivity contribution in [2.75, 3.05) is 5.33 Å². The van der Waals surface area contributed by atoms with Gasteiger partial charge in [0, 0.05) is 10.9 Å². The standard InChI is InChI=1S/C11H12BrClF2O/c12-6-2-4-8-3-1-5-10(9(8)7-13)16-11(14)15/h1,3,5,11H,2,4,6-7H2. The second-order valence-corrected chi connectivity index (χ2v) is 4.26. The fourth-order valence-electron chi connectivity index (χ4n) is 1.46. The second kappa shape index (κ2) is 7.07. The summed E-state index contributed by atoms with van der Waals surface area (Å²) < 4.78 is 28.7. The minimum atomic E-state index is -2.81. The maximum absolute atomic E-state index is 12.1. The lowest BCUT2D eigenvalue weighted by molar-refractivity contribution is -0.0503. The van der Waals surface area contributed by atoms with Crippen LogP contribution >= 0.6 is 27.5 Å². The van der Waals surface area contributed by atoms with Crippen LogP contribution in [0.1, 0.15) is 17.5 Å². The fraction of sp³-hybridized carbons (Fsp3) is 0.455. The van der Waals surface area contributed by atoms with Gasteiger partial charge in [-0.3, -0.25) is 0 Å². The van der Waals surface area contributed by atoms with E-state index >= 15 is 0 Å².